The van der Waals surface area contributed by atoms with Crippen LogP contribution in [0, 0.1) is 0 Å². The predicted molar refractivity (Wildman–Crippen MR) is 94.3 cm³/mol. The topological polar surface area (TPSA) is 124 Å². The summed E-state index contributed by atoms with van der Waals surface area (Å²) in [6.07, 6.45) is 2.00. The van der Waals surface area contributed by atoms with Crippen molar-refractivity contribution in [3.63, 3.8) is 0 Å². The maximum atomic E-state index is 11.8. The molecule has 2 N–H and O–H groups in total. The molecule has 2 aromatic heterocycles. The summed E-state index contributed by atoms with van der Waals surface area (Å²) in [5.41, 5.74) is 6.68. The van der Waals surface area contributed by atoms with Crippen molar-refractivity contribution >= 4 is 23.1 Å². The van der Waals surface area contributed by atoms with E-state index >= 15 is 0 Å². The molecule has 0 fully saturated rings. The normalized spacial score (nSPS) is 10.9. The first kappa shape index (κ1) is 19.7. The number of imidazole rings is 1. The Balaban J connectivity index is 2.16. The molecule has 0 aliphatic carbocycles. The van der Waals surface area contributed by atoms with Gasteiger partial charge in [0.2, 0.25) is 0 Å². The number of ether oxygens (including phenoxy) is 4. The number of methoxy groups -OCH3 is 1. The lowest BCUT2D eigenvalue weighted by atomic mass is 10.3. The number of hydrogen-bond donors (Lipinski definition) is 1. The fourth-order valence-electron chi connectivity index (χ4n) is 2.24. The Morgan fingerprint density at radius 2 is 1.92 bits per heavy atom. The first-order valence-electron chi connectivity index (χ1n) is 8.60. The Hall–Kier alpha value is -2.62. The zero-order valence-electron chi connectivity index (χ0n) is 15.4. The SMILES string of the molecule is CCCCCOC(=O)Oc1nc2c(N)nc(OCCOC)nc2n1CC. The molecular weight excluding hydrogens is 342 g/mol. The minimum absolute atomic E-state index is 0.0537. The highest BCUT2D eigenvalue weighted by Crippen LogP contribution is 2.25. The second-order valence-corrected chi connectivity index (χ2v) is 5.45. The second-order valence-electron chi connectivity index (χ2n) is 5.45. The van der Waals surface area contributed by atoms with E-state index in [1.54, 1.807) is 11.7 Å². The number of nitrogens with two attached hydrogens (primary N) is 1. The molecule has 0 aliphatic heterocycles. The molecule has 26 heavy (non-hydrogen) atoms. The number of carbonyl (C=O) groups excluding carboxylic acids is 1. The molecule has 0 aliphatic rings. The van der Waals surface area contributed by atoms with Crippen LogP contribution in [0.2, 0.25) is 0 Å². The minimum atomic E-state index is -0.811. The molecule has 10 nitrogen and oxygen atoms in total. The van der Waals surface area contributed by atoms with Gasteiger partial charge in [0.05, 0.1) is 13.2 Å². The maximum absolute atomic E-state index is 11.8. The number of unbranched alkanes of at least 4 members (excludes halogenated alkanes) is 2. The van der Waals surface area contributed by atoms with Crippen LogP contribution >= 0.6 is 0 Å². The number of aromatic nitrogens is 4. The molecule has 0 radical (unpaired) electrons. The summed E-state index contributed by atoms with van der Waals surface area (Å²) in [7, 11) is 1.57. The molecule has 144 valence electrons. The van der Waals surface area contributed by atoms with Gasteiger partial charge in [-0.25, -0.2) is 4.79 Å². The lowest BCUT2D eigenvalue weighted by molar-refractivity contribution is 0.0930. The number of anilines is 1. The number of carbonyl (C=O) groups is 1. The summed E-state index contributed by atoms with van der Waals surface area (Å²) in [6.45, 7) is 5.38. The summed E-state index contributed by atoms with van der Waals surface area (Å²) in [6, 6.07) is 0.161. The van der Waals surface area contributed by atoms with E-state index in [0.29, 0.717) is 30.9 Å². The van der Waals surface area contributed by atoms with Crippen molar-refractivity contribution in [2.45, 2.75) is 39.7 Å². The van der Waals surface area contributed by atoms with Crippen LogP contribution in [0.3, 0.4) is 0 Å². The highest BCUT2D eigenvalue weighted by atomic mass is 16.7. The van der Waals surface area contributed by atoms with Gasteiger partial charge in [0.25, 0.3) is 0 Å². The Morgan fingerprint density at radius 3 is 2.62 bits per heavy atom. The van der Waals surface area contributed by atoms with Crippen molar-refractivity contribution in [2.24, 2.45) is 0 Å². The molecular formula is C16H25N5O5. The molecule has 0 saturated heterocycles. The van der Waals surface area contributed by atoms with Gasteiger partial charge in [-0.3, -0.25) is 4.57 Å². The van der Waals surface area contributed by atoms with E-state index in [0.717, 1.165) is 19.3 Å². The Morgan fingerprint density at radius 1 is 1.12 bits per heavy atom. The molecule has 0 amide bonds. The molecule has 0 unspecified atom stereocenters. The van der Waals surface area contributed by atoms with Crippen molar-refractivity contribution in [3.05, 3.63) is 0 Å². The van der Waals surface area contributed by atoms with Gasteiger partial charge in [0.1, 0.15) is 6.61 Å². The molecule has 2 rings (SSSR count). The van der Waals surface area contributed by atoms with Crippen molar-refractivity contribution in [1.82, 2.24) is 19.5 Å². The van der Waals surface area contributed by atoms with Crippen LogP contribution in [0.25, 0.3) is 11.2 Å². The van der Waals surface area contributed by atoms with Crippen LogP contribution in [-0.2, 0) is 16.0 Å². The summed E-state index contributed by atoms with van der Waals surface area (Å²) >= 11 is 0. The Labute approximate surface area is 151 Å². The van der Waals surface area contributed by atoms with Crippen LogP contribution in [0.1, 0.15) is 33.1 Å². The smallest absolute Gasteiger partial charge is 0.461 e. The van der Waals surface area contributed by atoms with Gasteiger partial charge in [0.15, 0.2) is 17.0 Å². The van der Waals surface area contributed by atoms with Crippen LogP contribution in [0.5, 0.6) is 12.0 Å². The fraction of sp³-hybridized carbons (Fsp3) is 0.625. The number of nitrogens with zero attached hydrogens (tertiary/aromatic N) is 4. The van der Waals surface area contributed by atoms with E-state index in [2.05, 4.69) is 21.9 Å². The van der Waals surface area contributed by atoms with Gasteiger partial charge in [-0.2, -0.15) is 15.0 Å². The zero-order chi connectivity index (χ0) is 18.9. The fourth-order valence-corrected chi connectivity index (χ4v) is 2.24. The average molecular weight is 367 g/mol. The lowest BCUT2D eigenvalue weighted by Crippen LogP contribution is -2.14. The van der Waals surface area contributed by atoms with E-state index in [1.807, 2.05) is 6.92 Å². The van der Waals surface area contributed by atoms with Crippen LogP contribution in [0.4, 0.5) is 10.6 Å². The Kier molecular flexibility index (Phi) is 7.39. The van der Waals surface area contributed by atoms with Crippen molar-refractivity contribution in [2.75, 3.05) is 32.7 Å². The van der Waals surface area contributed by atoms with Gasteiger partial charge < -0.3 is 24.7 Å². The molecule has 0 atom stereocenters. The van der Waals surface area contributed by atoms with Crippen LogP contribution in [-0.4, -0.2) is 52.6 Å². The predicted octanol–water partition coefficient (Wildman–Crippen LogP) is 2.16. The molecule has 0 saturated carbocycles. The number of hydrogen-bond acceptors (Lipinski definition) is 9. The van der Waals surface area contributed by atoms with Crippen molar-refractivity contribution < 1.29 is 23.7 Å². The number of nitrogen functional groups attached to an aromatic ring is 1. The average Bonchev–Trinajstić information content (AvgIpc) is 2.96. The molecule has 2 aromatic rings. The number of rotatable bonds is 10. The molecule has 2 heterocycles. The van der Waals surface area contributed by atoms with Gasteiger partial charge in [-0.05, 0) is 13.3 Å². The minimum Gasteiger partial charge on any atom is -0.461 e. The van der Waals surface area contributed by atoms with Gasteiger partial charge in [0, 0.05) is 13.7 Å². The third-order valence-corrected chi connectivity index (χ3v) is 3.54. The molecule has 0 aromatic carbocycles. The third kappa shape index (κ3) is 4.94. The molecule has 0 bridgehead atoms. The van der Waals surface area contributed by atoms with Crippen molar-refractivity contribution in [3.8, 4) is 12.0 Å². The van der Waals surface area contributed by atoms with E-state index < -0.39 is 6.16 Å². The highest BCUT2D eigenvalue weighted by Gasteiger charge is 2.20. The lowest BCUT2D eigenvalue weighted by Gasteiger charge is -2.07. The summed E-state index contributed by atoms with van der Waals surface area (Å²) in [5.74, 6) is 0.135. The van der Waals surface area contributed by atoms with E-state index in [-0.39, 0.29) is 24.4 Å². The van der Waals surface area contributed by atoms with E-state index in [9.17, 15) is 4.79 Å². The van der Waals surface area contributed by atoms with E-state index in [4.69, 9.17) is 24.7 Å². The Bertz CT molecular complexity index is 733. The molecule has 0 spiro atoms. The largest absolute Gasteiger partial charge is 0.516 e. The first-order chi connectivity index (χ1) is 12.6. The van der Waals surface area contributed by atoms with E-state index in [1.165, 1.54) is 0 Å². The highest BCUT2D eigenvalue weighted by molar-refractivity contribution is 5.83. The maximum Gasteiger partial charge on any atom is 0.516 e. The third-order valence-electron chi connectivity index (χ3n) is 3.54. The molecule has 10 heteroatoms. The summed E-state index contributed by atoms with van der Waals surface area (Å²) in [4.78, 5) is 24.4. The van der Waals surface area contributed by atoms with Crippen LogP contribution in [0.15, 0.2) is 0 Å². The first-order valence-corrected chi connectivity index (χ1v) is 8.60. The van der Waals surface area contributed by atoms with Gasteiger partial charge >= 0.3 is 18.2 Å². The number of aryl methyl sites for hydroxylation is 1. The number of fused-ring (bicyclic) bond motifs is 1. The van der Waals surface area contributed by atoms with Gasteiger partial charge in [-0.1, -0.05) is 19.8 Å². The van der Waals surface area contributed by atoms with Crippen molar-refractivity contribution in [1.29, 1.82) is 0 Å². The summed E-state index contributed by atoms with van der Waals surface area (Å²) in [5, 5.41) is 0. The van der Waals surface area contributed by atoms with Gasteiger partial charge in [-0.15, -0.1) is 0 Å². The summed E-state index contributed by atoms with van der Waals surface area (Å²) < 4.78 is 22.2. The zero-order valence-corrected chi connectivity index (χ0v) is 15.4. The van der Waals surface area contributed by atoms with Crippen LogP contribution < -0.4 is 15.2 Å². The standard InChI is InChI=1S/C16H25N5O5/c1-4-6-7-8-25-16(22)26-15-18-11-12(17)19-14(24-10-9-23-3)20-13(11)21(15)5-2/h4-10H2,1-3H3,(H2,17,19,20). The second kappa shape index (κ2) is 9.76. The monoisotopic (exact) mass is 367 g/mol. The quantitative estimate of drug-likeness (QED) is 0.497.